The molecule has 0 saturated heterocycles. The van der Waals surface area contributed by atoms with Crippen LogP contribution in [-0.2, 0) is 0 Å². The summed E-state index contributed by atoms with van der Waals surface area (Å²) in [6.07, 6.45) is 1.42. The minimum Gasteiger partial charge on any atom is -0.355 e. The summed E-state index contributed by atoms with van der Waals surface area (Å²) in [6.45, 7) is 0. The molecule has 2 amide bonds. The van der Waals surface area contributed by atoms with Crippen LogP contribution in [0.5, 0.6) is 0 Å². The number of nitrogens with zero attached hydrogens (tertiary/aromatic N) is 2. The summed E-state index contributed by atoms with van der Waals surface area (Å²) >= 11 is 1.28. The molecule has 2 aromatic heterocycles. The lowest BCUT2D eigenvalue weighted by atomic mass is 10.3. The molecule has 0 fully saturated rings. The molecule has 3 aromatic rings. The van der Waals surface area contributed by atoms with E-state index >= 15 is 0 Å². The molecule has 0 atom stereocenters. The number of nitrogens with one attached hydrogen (secondary N) is 2. The molecule has 0 aliphatic carbocycles. The van der Waals surface area contributed by atoms with Crippen molar-refractivity contribution >= 4 is 39.2 Å². The number of fused-ring (bicyclic) bond motifs is 1. The van der Waals surface area contributed by atoms with E-state index in [0.29, 0.717) is 16.1 Å². The minimum absolute atomic E-state index is 0.204. The summed E-state index contributed by atoms with van der Waals surface area (Å²) in [5.41, 5.74) is 2.00. The van der Waals surface area contributed by atoms with Gasteiger partial charge in [-0.25, -0.2) is 4.98 Å². The van der Waals surface area contributed by atoms with Gasteiger partial charge in [0, 0.05) is 7.05 Å². The van der Waals surface area contributed by atoms with Gasteiger partial charge in [-0.2, -0.15) is 0 Å². The van der Waals surface area contributed by atoms with Gasteiger partial charge >= 0.3 is 0 Å². The predicted molar refractivity (Wildman–Crippen MR) is 85.2 cm³/mol. The average molecular weight is 312 g/mol. The highest BCUT2D eigenvalue weighted by Crippen LogP contribution is 2.23. The van der Waals surface area contributed by atoms with Crippen molar-refractivity contribution in [2.45, 2.75) is 0 Å². The van der Waals surface area contributed by atoms with Crippen LogP contribution >= 0.6 is 11.3 Å². The second-order valence-electron chi connectivity index (χ2n) is 4.44. The highest BCUT2D eigenvalue weighted by molar-refractivity contribution is 7.14. The summed E-state index contributed by atoms with van der Waals surface area (Å²) in [5, 5.41) is 7.46. The van der Waals surface area contributed by atoms with Gasteiger partial charge in [-0.05, 0) is 23.6 Å². The molecule has 7 heteroatoms. The molecule has 1 aromatic carbocycles. The van der Waals surface area contributed by atoms with Crippen LogP contribution in [0.1, 0.15) is 20.8 Å². The van der Waals surface area contributed by atoms with Crippen LogP contribution in [0.25, 0.3) is 11.0 Å². The lowest BCUT2D eigenvalue weighted by molar-refractivity contribution is 0.0964. The van der Waals surface area contributed by atoms with Crippen LogP contribution in [0.3, 0.4) is 0 Å². The summed E-state index contributed by atoms with van der Waals surface area (Å²) < 4.78 is 0. The first kappa shape index (κ1) is 14.2. The van der Waals surface area contributed by atoms with E-state index in [4.69, 9.17) is 0 Å². The molecule has 0 aliphatic heterocycles. The van der Waals surface area contributed by atoms with E-state index in [1.54, 1.807) is 24.6 Å². The third kappa shape index (κ3) is 2.66. The third-order valence-corrected chi connectivity index (χ3v) is 3.88. The maximum atomic E-state index is 12.3. The summed E-state index contributed by atoms with van der Waals surface area (Å²) in [5.74, 6) is -0.646. The normalized spacial score (nSPS) is 10.4. The minimum atomic E-state index is -0.397. The zero-order chi connectivity index (χ0) is 15.5. The van der Waals surface area contributed by atoms with Crippen LogP contribution in [0, 0.1) is 0 Å². The number of aromatic nitrogens is 2. The number of anilines is 1. The molecule has 6 nitrogen and oxygen atoms in total. The molecule has 0 unspecified atom stereocenters. The van der Waals surface area contributed by atoms with Crippen LogP contribution in [0.15, 0.2) is 41.9 Å². The molecular weight excluding hydrogens is 300 g/mol. The zero-order valence-corrected chi connectivity index (χ0v) is 12.5. The van der Waals surface area contributed by atoms with Crippen molar-refractivity contribution in [3.05, 3.63) is 53.2 Å². The number of benzene rings is 1. The molecule has 22 heavy (non-hydrogen) atoms. The van der Waals surface area contributed by atoms with Gasteiger partial charge in [-0.3, -0.25) is 14.6 Å². The monoisotopic (exact) mass is 312 g/mol. The Hall–Kier alpha value is -2.80. The molecule has 0 aliphatic rings. The SMILES string of the molecule is CNC(=O)c1ccsc1NC(=O)c1cnc2ccccc2n1. The number of carbonyl (C=O) groups excluding carboxylic acids is 2. The maximum absolute atomic E-state index is 12.3. The lowest BCUT2D eigenvalue weighted by Gasteiger charge is -2.05. The molecule has 110 valence electrons. The summed E-state index contributed by atoms with van der Waals surface area (Å²) in [7, 11) is 1.54. The molecule has 0 saturated carbocycles. The first-order valence-electron chi connectivity index (χ1n) is 6.52. The third-order valence-electron chi connectivity index (χ3n) is 3.05. The fourth-order valence-corrected chi connectivity index (χ4v) is 2.73. The Morgan fingerprint density at radius 2 is 1.86 bits per heavy atom. The number of hydrogen-bond donors (Lipinski definition) is 2. The Balaban J connectivity index is 1.87. The number of para-hydroxylation sites is 2. The highest BCUT2D eigenvalue weighted by atomic mass is 32.1. The van der Waals surface area contributed by atoms with E-state index in [0.717, 1.165) is 5.52 Å². The van der Waals surface area contributed by atoms with Crippen molar-refractivity contribution in [2.24, 2.45) is 0 Å². The Labute approximate surface area is 130 Å². The van der Waals surface area contributed by atoms with Gasteiger partial charge in [0.15, 0.2) is 0 Å². The van der Waals surface area contributed by atoms with E-state index < -0.39 is 5.91 Å². The second kappa shape index (κ2) is 5.90. The topological polar surface area (TPSA) is 84.0 Å². The number of amides is 2. The largest absolute Gasteiger partial charge is 0.355 e. The van der Waals surface area contributed by atoms with Crippen molar-refractivity contribution in [1.29, 1.82) is 0 Å². The van der Waals surface area contributed by atoms with Crippen molar-refractivity contribution in [1.82, 2.24) is 15.3 Å². The Kier molecular flexibility index (Phi) is 3.80. The van der Waals surface area contributed by atoms with Gasteiger partial charge in [0.2, 0.25) is 0 Å². The Morgan fingerprint density at radius 1 is 1.09 bits per heavy atom. The van der Waals surface area contributed by atoms with Gasteiger partial charge in [0.1, 0.15) is 10.7 Å². The van der Waals surface area contributed by atoms with Crippen molar-refractivity contribution in [3.8, 4) is 0 Å². The van der Waals surface area contributed by atoms with Crippen molar-refractivity contribution in [2.75, 3.05) is 12.4 Å². The average Bonchev–Trinajstić information content (AvgIpc) is 3.01. The van der Waals surface area contributed by atoms with Gasteiger partial charge in [0.25, 0.3) is 11.8 Å². The summed E-state index contributed by atoms with van der Waals surface area (Å²) in [6, 6.07) is 8.97. The van der Waals surface area contributed by atoms with Gasteiger partial charge in [0.05, 0.1) is 22.8 Å². The molecule has 3 rings (SSSR count). The van der Waals surface area contributed by atoms with E-state index in [1.807, 2.05) is 18.2 Å². The van der Waals surface area contributed by atoms with Crippen molar-refractivity contribution in [3.63, 3.8) is 0 Å². The quantitative estimate of drug-likeness (QED) is 0.777. The fourth-order valence-electron chi connectivity index (χ4n) is 1.95. The van der Waals surface area contributed by atoms with E-state index in [1.165, 1.54) is 17.5 Å². The first-order chi connectivity index (χ1) is 10.7. The molecular formula is C15H12N4O2S. The van der Waals surface area contributed by atoms with Crippen LogP contribution in [-0.4, -0.2) is 28.8 Å². The van der Waals surface area contributed by atoms with E-state index in [-0.39, 0.29) is 11.6 Å². The molecule has 0 bridgehead atoms. The number of thiophene rings is 1. The van der Waals surface area contributed by atoms with Crippen LogP contribution < -0.4 is 10.6 Å². The smallest absolute Gasteiger partial charge is 0.276 e. The number of hydrogen-bond acceptors (Lipinski definition) is 5. The zero-order valence-electron chi connectivity index (χ0n) is 11.7. The summed E-state index contributed by atoms with van der Waals surface area (Å²) in [4.78, 5) is 32.5. The maximum Gasteiger partial charge on any atom is 0.276 e. The van der Waals surface area contributed by atoms with E-state index in [2.05, 4.69) is 20.6 Å². The lowest BCUT2D eigenvalue weighted by Crippen LogP contribution is -2.20. The standard InChI is InChI=1S/C15H12N4O2S/c1-16-13(20)9-6-7-22-15(9)19-14(21)12-8-17-10-4-2-3-5-11(10)18-12/h2-8H,1H3,(H,16,20)(H,19,21). The molecule has 2 heterocycles. The Morgan fingerprint density at radius 3 is 2.64 bits per heavy atom. The van der Waals surface area contributed by atoms with E-state index in [9.17, 15) is 9.59 Å². The van der Waals surface area contributed by atoms with Gasteiger partial charge in [-0.15, -0.1) is 11.3 Å². The van der Waals surface area contributed by atoms with Crippen LogP contribution in [0.4, 0.5) is 5.00 Å². The van der Waals surface area contributed by atoms with Gasteiger partial charge in [-0.1, -0.05) is 12.1 Å². The fraction of sp³-hybridized carbons (Fsp3) is 0.0667. The van der Waals surface area contributed by atoms with Crippen molar-refractivity contribution < 1.29 is 9.59 Å². The number of rotatable bonds is 3. The highest BCUT2D eigenvalue weighted by Gasteiger charge is 2.16. The van der Waals surface area contributed by atoms with Gasteiger partial charge < -0.3 is 10.6 Å². The number of carbonyl (C=O) groups is 2. The Bertz CT molecular complexity index is 859. The predicted octanol–water partition coefficient (Wildman–Crippen LogP) is 2.30. The molecule has 0 radical (unpaired) electrons. The second-order valence-corrected chi connectivity index (χ2v) is 5.36. The van der Waals surface area contributed by atoms with Crippen LogP contribution in [0.2, 0.25) is 0 Å². The first-order valence-corrected chi connectivity index (χ1v) is 7.39. The molecule has 0 spiro atoms. The molecule has 2 N–H and O–H groups in total.